The molecule has 2 aromatic rings. The van der Waals surface area contributed by atoms with E-state index in [0.717, 1.165) is 23.2 Å². The monoisotopic (exact) mass is 416 g/mol. The van der Waals surface area contributed by atoms with Crippen molar-refractivity contribution < 1.29 is 14.6 Å². The van der Waals surface area contributed by atoms with E-state index >= 15 is 0 Å². The molecular formula is C26H28N2O3. The Bertz CT molecular complexity index is 1020. The van der Waals surface area contributed by atoms with Crippen LogP contribution in [-0.2, 0) is 9.53 Å². The second-order valence-electron chi connectivity index (χ2n) is 8.91. The molecule has 0 amide bonds. The van der Waals surface area contributed by atoms with Crippen molar-refractivity contribution in [3.8, 4) is 17.2 Å². The Kier molecular flexibility index (Phi) is 5.68. The minimum atomic E-state index is -1.40. The summed E-state index contributed by atoms with van der Waals surface area (Å²) in [5.41, 5.74) is 2.05. The summed E-state index contributed by atoms with van der Waals surface area (Å²) >= 11 is 0. The number of aliphatic hydroxyl groups is 1. The molecule has 5 heteroatoms. The molecule has 1 aliphatic heterocycles. The second-order valence-corrected chi connectivity index (χ2v) is 8.91. The van der Waals surface area contributed by atoms with Crippen LogP contribution >= 0.6 is 0 Å². The Morgan fingerprint density at radius 2 is 1.94 bits per heavy atom. The van der Waals surface area contributed by atoms with Gasteiger partial charge in [0.05, 0.1) is 17.3 Å². The average Bonchev–Trinajstić information content (AvgIpc) is 3.00. The molecule has 1 N–H and O–H groups in total. The van der Waals surface area contributed by atoms with Crippen LogP contribution in [0, 0.1) is 35.0 Å². The van der Waals surface area contributed by atoms with Crippen molar-refractivity contribution in [1.29, 1.82) is 5.26 Å². The lowest BCUT2D eigenvalue weighted by molar-refractivity contribution is -0.160. The van der Waals surface area contributed by atoms with Gasteiger partial charge in [-0.3, -0.25) is 4.98 Å². The molecule has 2 heterocycles. The molecule has 1 aromatic heterocycles. The van der Waals surface area contributed by atoms with Gasteiger partial charge >= 0.3 is 5.97 Å². The highest BCUT2D eigenvalue weighted by Gasteiger charge is 2.62. The van der Waals surface area contributed by atoms with E-state index in [9.17, 15) is 9.90 Å². The van der Waals surface area contributed by atoms with Gasteiger partial charge in [-0.2, -0.15) is 5.26 Å². The van der Waals surface area contributed by atoms with E-state index in [2.05, 4.69) is 31.0 Å². The summed E-state index contributed by atoms with van der Waals surface area (Å²) in [4.78, 5) is 17.0. The highest BCUT2D eigenvalue weighted by molar-refractivity contribution is 5.82. The van der Waals surface area contributed by atoms with Gasteiger partial charge in [0, 0.05) is 17.7 Å². The van der Waals surface area contributed by atoms with E-state index in [1.807, 2.05) is 43.5 Å². The molecule has 160 valence electrons. The molecule has 0 unspecified atom stereocenters. The van der Waals surface area contributed by atoms with Crippen molar-refractivity contribution in [2.24, 2.45) is 23.7 Å². The Morgan fingerprint density at radius 3 is 2.55 bits per heavy atom. The number of nitrogens with zero attached hydrogens (tertiary/aromatic N) is 2. The summed E-state index contributed by atoms with van der Waals surface area (Å²) in [5, 5.41) is 20.1. The third kappa shape index (κ3) is 3.77. The number of benzene rings is 1. The zero-order valence-corrected chi connectivity index (χ0v) is 18.2. The summed E-state index contributed by atoms with van der Waals surface area (Å²) in [6.45, 7) is 6.16. The normalized spacial score (nSPS) is 32.5. The average molecular weight is 417 g/mol. The first kappa shape index (κ1) is 21.3. The summed E-state index contributed by atoms with van der Waals surface area (Å²) < 4.78 is 5.46. The smallest absolute Gasteiger partial charge is 0.338 e. The van der Waals surface area contributed by atoms with Gasteiger partial charge in [0.2, 0.25) is 0 Å². The standard InChI is InChI=1S/C26H28N2O3/c1-4-22-16(2)13-26(30)24(17(3)31-25(26)29)23(22)12-11-21-10-9-20(15-28-21)19-7-5-18(14-27)6-8-19/h5-12,15-17,22-24,30H,4,13H2,1-3H3/b12-11+/t16-,17+,22+,23-,24-,26-/m0/s1. The van der Waals surface area contributed by atoms with E-state index in [0.29, 0.717) is 17.9 Å². The zero-order chi connectivity index (χ0) is 22.2. The first-order chi connectivity index (χ1) is 14.9. The number of carbonyl (C=O) groups is 1. The van der Waals surface area contributed by atoms with E-state index < -0.39 is 11.6 Å². The molecule has 0 spiro atoms. The van der Waals surface area contributed by atoms with Crippen molar-refractivity contribution in [2.45, 2.75) is 45.3 Å². The fourth-order valence-electron chi connectivity index (χ4n) is 5.57. The maximum Gasteiger partial charge on any atom is 0.338 e. The van der Waals surface area contributed by atoms with Crippen molar-refractivity contribution >= 4 is 12.0 Å². The molecule has 5 nitrogen and oxygen atoms in total. The number of esters is 1. The first-order valence-electron chi connectivity index (χ1n) is 11.0. The number of rotatable bonds is 4. The zero-order valence-electron chi connectivity index (χ0n) is 18.2. The number of allylic oxidation sites excluding steroid dienone is 1. The van der Waals surface area contributed by atoms with Crippen LogP contribution < -0.4 is 0 Å². The third-order valence-corrected chi connectivity index (χ3v) is 7.07. The number of fused-ring (bicyclic) bond motifs is 1. The van der Waals surface area contributed by atoms with E-state index in [-0.39, 0.29) is 23.9 Å². The van der Waals surface area contributed by atoms with Crippen molar-refractivity contribution in [2.75, 3.05) is 0 Å². The highest BCUT2D eigenvalue weighted by atomic mass is 16.6. The predicted octanol–water partition coefficient (Wildman–Crippen LogP) is 4.61. The summed E-state index contributed by atoms with van der Waals surface area (Å²) in [6, 6.07) is 13.5. The van der Waals surface area contributed by atoms with Gasteiger partial charge in [0.1, 0.15) is 6.10 Å². The van der Waals surface area contributed by atoms with Crippen LogP contribution in [-0.4, -0.2) is 27.8 Å². The molecule has 2 aliphatic rings. The summed E-state index contributed by atoms with van der Waals surface area (Å²) in [6.07, 6.45) is 7.06. The molecule has 1 saturated heterocycles. The van der Waals surface area contributed by atoms with E-state index in [4.69, 9.17) is 10.00 Å². The number of aromatic nitrogens is 1. The van der Waals surface area contributed by atoms with Crippen molar-refractivity contribution in [3.05, 3.63) is 59.9 Å². The van der Waals surface area contributed by atoms with Gasteiger partial charge in [0.25, 0.3) is 0 Å². The number of ether oxygens (including phenoxy) is 1. The van der Waals surface area contributed by atoms with Crippen molar-refractivity contribution in [3.63, 3.8) is 0 Å². The summed E-state index contributed by atoms with van der Waals surface area (Å²) in [7, 11) is 0. The van der Waals surface area contributed by atoms with Crippen LogP contribution in [0.25, 0.3) is 17.2 Å². The highest BCUT2D eigenvalue weighted by Crippen LogP contribution is 2.52. The van der Waals surface area contributed by atoms with Gasteiger partial charge in [-0.05, 0) is 60.9 Å². The lowest BCUT2D eigenvalue weighted by Crippen LogP contribution is -2.53. The molecule has 1 aliphatic carbocycles. The minimum absolute atomic E-state index is 0.0419. The van der Waals surface area contributed by atoms with Crippen LogP contribution in [0.5, 0.6) is 0 Å². The number of cyclic esters (lactones) is 1. The molecule has 31 heavy (non-hydrogen) atoms. The van der Waals surface area contributed by atoms with Crippen molar-refractivity contribution in [1.82, 2.24) is 4.98 Å². The Hall–Kier alpha value is -2.97. The van der Waals surface area contributed by atoms with Gasteiger partial charge in [-0.25, -0.2) is 4.79 Å². The number of hydrogen-bond acceptors (Lipinski definition) is 5. The SMILES string of the molecule is CC[C@H]1[C@H](/C=C/c2ccc(-c3ccc(C#N)cc3)cn2)[C@@H]2[C@@H](C)OC(=O)[C@]2(O)C[C@@H]1C. The quantitative estimate of drug-likeness (QED) is 0.736. The first-order valence-corrected chi connectivity index (χ1v) is 11.0. The fraction of sp³-hybridized carbons (Fsp3) is 0.423. The molecular weight excluding hydrogens is 388 g/mol. The number of hydrogen-bond donors (Lipinski definition) is 1. The van der Waals surface area contributed by atoms with Gasteiger partial charge < -0.3 is 9.84 Å². The molecule has 4 rings (SSSR count). The Morgan fingerprint density at radius 1 is 1.23 bits per heavy atom. The molecule has 1 aromatic carbocycles. The van der Waals surface area contributed by atoms with E-state index in [1.54, 1.807) is 12.1 Å². The largest absolute Gasteiger partial charge is 0.460 e. The van der Waals surface area contributed by atoms with Gasteiger partial charge in [-0.1, -0.05) is 44.5 Å². The van der Waals surface area contributed by atoms with Crippen LogP contribution in [0.15, 0.2) is 48.7 Å². The third-order valence-electron chi connectivity index (χ3n) is 7.07. The molecule has 0 radical (unpaired) electrons. The molecule has 0 bridgehead atoms. The molecule has 2 fully saturated rings. The Labute approximate surface area is 183 Å². The molecule has 6 atom stereocenters. The molecule has 1 saturated carbocycles. The van der Waals surface area contributed by atoms with Crippen LogP contribution in [0.3, 0.4) is 0 Å². The minimum Gasteiger partial charge on any atom is -0.460 e. The topological polar surface area (TPSA) is 83.2 Å². The second kappa shape index (κ2) is 8.28. The van der Waals surface area contributed by atoms with Gasteiger partial charge in [-0.15, -0.1) is 0 Å². The maximum atomic E-state index is 12.4. The van der Waals surface area contributed by atoms with Crippen LogP contribution in [0.2, 0.25) is 0 Å². The van der Waals surface area contributed by atoms with Crippen LogP contribution in [0.4, 0.5) is 0 Å². The lowest BCUT2D eigenvalue weighted by atomic mass is 9.59. The summed E-state index contributed by atoms with van der Waals surface area (Å²) in [5.74, 6) is -0.0768. The lowest BCUT2D eigenvalue weighted by Gasteiger charge is -2.45. The Balaban J connectivity index is 1.58. The van der Waals surface area contributed by atoms with Gasteiger partial charge in [0.15, 0.2) is 5.60 Å². The van der Waals surface area contributed by atoms with Crippen LogP contribution in [0.1, 0.15) is 44.9 Å². The number of nitriles is 1. The number of carbonyl (C=O) groups excluding carboxylic acids is 1. The van der Waals surface area contributed by atoms with E-state index in [1.165, 1.54) is 0 Å². The number of pyridine rings is 1. The fourth-order valence-corrected chi connectivity index (χ4v) is 5.57. The maximum absolute atomic E-state index is 12.4. The predicted molar refractivity (Wildman–Crippen MR) is 118 cm³/mol.